The summed E-state index contributed by atoms with van der Waals surface area (Å²) < 4.78 is 23.1. The van der Waals surface area contributed by atoms with Gasteiger partial charge in [-0.25, -0.2) is 0 Å². The van der Waals surface area contributed by atoms with Gasteiger partial charge in [0.25, 0.3) is 0 Å². The van der Waals surface area contributed by atoms with Crippen LogP contribution in [-0.4, -0.2) is 41.2 Å². The number of ether oxygens (including phenoxy) is 1. The molecular weight excluding hydrogens is 481 g/mol. The molecule has 0 saturated carbocycles. The van der Waals surface area contributed by atoms with Gasteiger partial charge in [0.1, 0.15) is 26.9 Å². The lowest BCUT2D eigenvalue weighted by Crippen LogP contribution is -2.50. The number of rotatable bonds is 11. The molecule has 176 valence electrons. The van der Waals surface area contributed by atoms with Crippen molar-refractivity contribution in [1.29, 1.82) is 0 Å². The van der Waals surface area contributed by atoms with Crippen LogP contribution in [0.15, 0.2) is 91.0 Å². The van der Waals surface area contributed by atoms with Crippen molar-refractivity contribution in [2.75, 3.05) is 0 Å². The van der Waals surface area contributed by atoms with Crippen LogP contribution in [0.3, 0.4) is 0 Å². The van der Waals surface area contributed by atoms with Gasteiger partial charge >= 0.3 is 11.9 Å². The van der Waals surface area contributed by atoms with E-state index in [1.54, 1.807) is 0 Å². The lowest BCUT2D eigenvalue weighted by molar-refractivity contribution is -0.153. The molecule has 0 N–H and O–H groups in total. The maximum absolute atomic E-state index is 13.5. The van der Waals surface area contributed by atoms with Crippen molar-refractivity contribution < 1.29 is 27.6 Å². The number of benzene rings is 3. The molecule has 4 rings (SSSR count). The Bertz CT molecular complexity index is 1050. The molecule has 1 heterocycles. The highest BCUT2D eigenvalue weighted by Crippen LogP contribution is 2.60. The summed E-state index contributed by atoms with van der Waals surface area (Å²) in [6, 6.07) is 28.3. The van der Waals surface area contributed by atoms with Gasteiger partial charge in [-0.2, -0.15) is 0 Å². The minimum absolute atomic E-state index is 0.477. The predicted molar refractivity (Wildman–Crippen MR) is 138 cm³/mol. The van der Waals surface area contributed by atoms with Crippen LogP contribution in [0.5, 0.6) is 17.2 Å². The van der Waals surface area contributed by atoms with Crippen molar-refractivity contribution in [3.8, 4) is 17.2 Å². The molecule has 3 aromatic rings. The molecule has 1 saturated heterocycles. The largest absolute Gasteiger partial charge is 0.548 e. The fourth-order valence-electron chi connectivity index (χ4n) is 4.31. The molecule has 9 heteroatoms. The van der Waals surface area contributed by atoms with Crippen molar-refractivity contribution in [2.24, 2.45) is 0 Å². The molecule has 34 heavy (non-hydrogen) atoms. The van der Waals surface area contributed by atoms with Crippen LogP contribution < -0.4 is 13.3 Å². The molecular formula is C25H28O6Si3. The molecule has 1 aliphatic heterocycles. The zero-order valence-corrected chi connectivity index (χ0v) is 23.4. The normalized spacial score (nSPS) is 22.7. The maximum atomic E-state index is 13.5. The molecule has 1 unspecified atom stereocenters. The van der Waals surface area contributed by atoms with Crippen molar-refractivity contribution in [3.63, 3.8) is 0 Å². The highest BCUT2D eigenvalue weighted by atomic mass is 28.3. The van der Waals surface area contributed by atoms with E-state index in [-0.39, 0.29) is 0 Å². The minimum atomic E-state index is -1.64. The molecule has 0 aromatic heterocycles. The standard InChI is InChI=1S/C25H28O6Si3/c1-2-18-24(32-29-19-12-6-3-7-13-19)22(26)28-23(27)25(24,33-30-20-14-8-4-9-15-20)34-31-21-16-10-5-11-17-21/h3-17H,2,18,32-34H2,1H3. The topological polar surface area (TPSA) is 71.1 Å². The van der Waals surface area contributed by atoms with Crippen molar-refractivity contribution in [1.82, 2.24) is 0 Å². The van der Waals surface area contributed by atoms with Gasteiger partial charge in [-0.05, 0) is 42.8 Å². The summed E-state index contributed by atoms with van der Waals surface area (Å²) in [5, 5.41) is -1.02. The summed E-state index contributed by atoms with van der Waals surface area (Å²) in [6.45, 7) is 2.01. The van der Waals surface area contributed by atoms with E-state index in [2.05, 4.69) is 0 Å². The van der Waals surface area contributed by atoms with Gasteiger partial charge in [0.05, 0.1) is 0 Å². The van der Waals surface area contributed by atoms with Gasteiger partial charge in [-0.15, -0.1) is 0 Å². The number of carbonyl (C=O) groups is 2. The van der Waals surface area contributed by atoms with Crippen molar-refractivity contribution >= 4 is 41.2 Å². The Hall–Kier alpha value is -3.15. The molecule has 1 fully saturated rings. The van der Waals surface area contributed by atoms with Gasteiger partial charge in [-0.3, -0.25) is 9.59 Å². The predicted octanol–water partition coefficient (Wildman–Crippen LogP) is 2.63. The second-order valence-corrected chi connectivity index (χ2v) is 14.7. The Balaban J connectivity index is 1.71. The third-order valence-electron chi connectivity index (χ3n) is 6.25. The van der Waals surface area contributed by atoms with Gasteiger partial charge in [0, 0.05) is 0 Å². The molecule has 3 aromatic carbocycles. The zero-order valence-electron chi connectivity index (χ0n) is 19.1. The van der Waals surface area contributed by atoms with Crippen LogP contribution in [-0.2, 0) is 14.3 Å². The fourth-order valence-corrected chi connectivity index (χ4v) is 11.0. The van der Waals surface area contributed by atoms with E-state index in [1.807, 2.05) is 97.9 Å². The molecule has 0 radical (unpaired) electrons. The Kier molecular flexibility index (Phi) is 7.66. The first-order chi connectivity index (χ1) is 16.6. The summed E-state index contributed by atoms with van der Waals surface area (Å²) in [5.41, 5.74) is 0. The average molecular weight is 509 g/mol. The highest BCUT2D eigenvalue weighted by Gasteiger charge is 2.70. The van der Waals surface area contributed by atoms with Crippen LogP contribution >= 0.6 is 0 Å². The Morgan fingerprint density at radius 3 is 1.47 bits per heavy atom. The number of esters is 2. The number of hydrogen-bond donors (Lipinski definition) is 0. The van der Waals surface area contributed by atoms with Crippen molar-refractivity contribution in [2.45, 2.75) is 29.5 Å². The highest BCUT2D eigenvalue weighted by molar-refractivity contribution is 6.71. The maximum Gasteiger partial charge on any atom is 0.320 e. The first kappa shape index (κ1) is 24.0. The van der Waals surface area contributed by atoms with Crippen LogP contribution in [0.1, 0.15) is 19.8 Å². The van der Waals surface area contributed by atoms with E-state index < -0.39 is 50.9 Å². The zero-order chi connectivity index (χ0) is 23.9. The van der Waals surface area contributed by atoms with Crippen molar-refractivity contribution in [3.05, 3.63) is 91.0 Å². The monoisotopic (exact) mass is 508 g/mol. The quantitative estimate of drug-likeness (QED) is 0.225. The molecule has 0 amide bonds. The molecule has 0 spiro atoms. The summed E-state index contributed by atoms with van der Waals surface area (Å²) in [6.07, 6.45) is 1.22. The molecule has 1 aliphatic rings. The Morgan fingerprint density at radius 1 is 0.647 bits per heavy atom. The van der Waals surface area contributed by atoms with Crippen LogP contribution in [0.4, 0.5) is 0 Å². The number of carbonyl (C=O) groups excluding carboxylic acids is 2. The summed E-state index contributed by atoms with van der Waals surface area (Å²) in [7, 11) is -4.88. The Labute approximate surface area is 206 Å². The average Bonchev–Trinajstić information content (AvgIpc) is 3.08. The second kappa shape index (κ2) is 10.9. The SMILES string of the molecule is CCCC1([SiH2]Oc2ccccc2)C(=O)OC(=O)C1([SiH2]Oc1ccccc1)[SiH2]Oc1ccccc1. The number of hydrogen-bond acceptors (Lipinski definition) is 6. The first-order valence-corrected chi connectivity index (χ1v) is 15.3. The number of para-hydroxylation sites is 3. The smallest absolute Gasteiger partial charge is 0.320 e. The third kappa shape index (κ3) is 4.86. The second-order valence-electron chi connectivity index (χ2n) is 8.40. The summed E-state index contributed by atoms with van der Waals surface area (Å²) in [4.78, 5) is 26.9. The lowest BCUT2D eigenvalue weighted by Gasteiger charge is -2.38. The van der Waals surface area contributed by atoms with Crippen LogP contribution in [0, 0.1) is 0 Å². The molecule has 6 nitrogen and oxygen atoms in total. The van der Waals surface area contributed by atoms with E-state index in [0.29, 0.717) is 23.7 Å². The molecule has 1 atom stereocenters. The van der Waals surface area contributed by atoms with Crippen LogP contribution in [0.2, 0.25) is 9.70 Å². The summed E-state index contributed by atoms with van der Waals surface area (Å²) in [5.74, 6) is 1.09. The van der Waals surface area contributed by atoms with E-state index in [0.717, 1.165) is 6.42 Å². The summed E-state index contributed by atoms with van der Waals surface area (Å²) >= 11 is 0. The molecule has 0 aliphatic carbocycles. The molecule has 0 bridgehead atoms. The van der Waals surface area contributed by atoms with Gasteiger partial charge in [-0.1, -0.05) is 67.9 Å². The van der Waals surface area contributed by atoms with E-state index in [9.17, 15) is 9.59 Å². The lowest BCUT2D eigenvalue weighted by atomic mass is 9.99. The van der Waals surface area contributed by atoms with Gasteiger partial charge in [0.15, 0.2) is 0 Å². The van der Waals surface area contributed by atoms with E-state index in [4.69, 9.17) is 18.0 Å². The minimum Gasteiger partial charge on any atom is -0.548 e. The Morgan fingerprint density at radius 2 is 1.06 bits per heavy atom. The van der Waals surface area contributed by atoms with E-state index >= 15 is 0 Å². The van der Waals surface area contributed by atoms with Gasteiger partial charge < -0.3 is 18.0 Å². The van der Waals surface area contributed by atoms with Gasteiger partial charge in [0.2, 0.25) is 29.3 Å². The first-order valence-electron chi connectivity index (χ1n) is 11.4. The number of cyclic esters (lactones) is 2. The fraction of sp³-hybridized carbons (Fsp3) is 0.200. The third-order valence-corrected chi connectivity index (χ3v) is 14.6. The van der Waals surface area contributed by atoms with Crippen LogP contribution in [0.25, 0.3) is 0 Å². The van der Waals surface area contributed by atoms with E-state index in [1.165, 1.54) is 0 Å².